The van der Waals surface area contributed by atoms with Crippen LogP contribution in [0.25, 0.3) is 0 Å². The summed E-state index contributed by atoms with van der Waals surface area (Å²) in [5.74, 6) is -0.417. The fraction of sp³-hybridized carbons (Fsp3) is 0.211. The Hall–Kier alpha value is -2.80. The van der Waals surface area contributed by atoms with E-state index in [2.05, 4.69) is 10.0 Å². The van der Waals surface area contributed by atoms with Crippen LogP contribution in [0.5, 0.6) is 0 Å². The first-order valence-corrected chi connectivity index (χ1v) is 9.60. The fourth-order valence-electron chi connectivity index (χ4n) is 2.18. The van der Waals surface area contributed by atoms with E-state index in [9.17, 15) is 13.2 Å². The normalized spacial score (nSPS) is 11.7. The highest BCUT2D eigenvalue weighted by Crippen LogP contribution is 2.19. The third-order valence-electron chi connectivity index (χ3n) is 3.43. The number of sulfonamides is 1. The lowest BCUT2D eigenvalue weighted by atomic mass is 10.2. The van der Waals surface area contributed by atoms with Crippen molar-refractivity contribution < 1.29 is 17.9 Å². The Morgan fingerprint density at radius 2 is 1.62 bits per heavy atom. The number of carbonyl (C=O) groups is 1. The quantitative estimate of drug-likeness (QED) is 0.570. The van der Waals surface area contributed by atoms with Gasteiger partial charge in [-0.05, 0) is 57.2 Å². The number of esters is 1. The molecule has 26 heavy (non-hydrogen) atoms. The second-order valence-electron chi connectivity index (χ2n) is 5.70. The number of rotatable bonds is 7. The first-order valence-electron chi connectivity index (χ1n) is 8.12. The number of anilines is 2. The summed E-state index contributed by atoms with van der Waals surface area (Å²) in [6.45, 7) is 5.70. The van der Waals surface area contributed by atoms with Crippen molar-refractivity contribution in [3.05, 3.63) is 65.9 Å². The van der Waals surface area contributed by atoms with Crippen molar-refractivity contribution >= 4 is 27.4 Å². The van der Waals surface area contributed by atoms with Gasteiger partial charge in [0.15, 0.2) is 0 Å². The molecule has 7 heteroatoms. The van der Waals surface area contributed by atoms with Crippen molar-refractivity contribution in [3.63, 3.8) is 0 Å². The molecule has 0 atom stereocenters. The van der Waals surface area contributed by atoms with Gasteiger partial charge in [-0.15, -0.1) is 0 Å². The van der Waals surface area contributed by atoms with Crippen LogP contribution in [0.3, 0.4) is 0 Å². The van der Waals surface area contributed by atoms with Crippen LogP contribution in [0.15, 0.2) is 65.2 Å². The van der Waals surface area contributed by atoms with Gasteiger partial charge in [0.25, 0.3) is 10.0 Å². The zero-order valence-electron chi connectivity index (χ0n) is 14.9. The molecular weight excluding hydrogens is 352 g/mol. The number of allylic oxidation sites excluding steroid dienone is 1. The molecule has 0 aliphatic carbocycles. The van der Waals surface area contributed by atoms with E-state index in [1.54, 1.807) is 62.4 Å². The average Bonchev–Trinajstić information content (AvgIpc) is 2.57. The van der Waals surface area contributed by atoms with Crippen LogP contribution in [-0.2, 0) is 19.6 Å². The van der Waals surface area contributed by atoms with Gasteiger partial charge in [-0.3, -0.25) is 4.72 Å². The van der Waals surface area contributed by atoms with Gasteiger partial charge in [-0.1, -0.05) is 17.7 Å². The van der Waals surface area contributed by atoms with Gasteiger partial charge < -0.3 is 10.1 Å². The minimum absolute atomic E-state index is 0.207. The van der Waals surface area contributed by atoms with Crippen molar-refractivity contribution in [3.8, 4) is 0 Å². The molecule has 138 valence electrons. The Morgan fingerprint density at radius 3 is 2.19 bits per heavy atom. The SMILES string of the molecule is CCOC(=O)C=C(C)Nc1ccc(NS(=O)(=O)c2ccc(C)cc2)cc1. The topological polar surface area (TPSA) is 84.5 Å². The van der Waals surface area contributed by atoms with E-state index in [0.717, 1.165) is 11.3 Å². The van der Waals surface area contributed by atoms with E-state index < -0.39 is 16.0 Å². The lowest BCUT2D eigenvalue weighted by Gasteiger charge is -2.10. The third-order valence-corrected chi connectivity index (χ3v) is 4.83. The molecular formula is C19H22N2O4S. The summed E-state index contributed by atoms with van der Waals surface area (Å²) in [7, 11) is -3.63. The molecule has 2 aromatic carbocycles. The van der Waals surface area contributed by atoms with Crippen LogP contribution >= 0.6 is 0 Å². The van der Waals surface area contributed by atoms with Crippen LogP contribution in [0, 0.1) is 6.92 Å². The monoisotopic (exact) mass is 374 g/mol. The Bertz CT molecular complexity index is 886. The predicted octanol–water partition coefficient (Wildman–Crippen LogP) is 3.67. The molecule has 2 rings (SSSR count). The van der Waals surface area contributed by atoms with E-state index in [0.29, 0.717) is 18.0 Å². The smallest absolute Gasteiger partial charge is 0.332 e. The van der Waals surface area contributed by atoms with E-state index in [-0.39, 0.29) is 4.90 Å². The van der Waals surface area contributed by atoms with Crippen LogP contribution in [0.1, 0.15) is 19.4 Å². The van der Waals surface area contributed by atoms with E-state index in [4.69, 9.17) is 4.74 Å². The van der Waals surface area contributed by atoms with Crippen molar-refractivity contribution in [1.29, 1.82) is 0 Å². The highest BCUT2D eigenvalue weighted by molar-refractivity contribution is 7.92. The van der Waals surface area contributed by atoms with E-state index in [1.165, 1.54) is 6.08 Å². The van der Waals surface area contributed by atoms with Crippen LogP contribution < -0.4 is 10.0 Å². The second kappa shape index (κ2) is 8.53. The zero-order chi connectivity index (χ0) is 19.2. The molecule has 0 bridgehead atoms. The van der Waals surface area contributed by atoms with Crippen molar-refractivity contribution in [1.82, 2.24) is 0 Å². The molecule has 0 radical (unpaired) electrons. The number of ether oxygens (including phenoxy) is 1. The maximum atomic E-state index is 12.4. The van der Waals surface area contributed by atoms with Gasteiger partial charge in [0.05, 0.1) is 11.5 Å². The largest absolute Gasteiger partial charge is 0.463 e. The summed E-state index contributed by atoms with van der Waals surface area (Å²) in [5, 5.41) is 3.04. The van der Waals surface area contributed by atoms with Crippen LogP contribution in [0.4, 0.5) is 11.4 Å². The summed E-state index contributed by atoms with van der Waals surface area (Å²) in [6.07, 6.45) is 1.36. The molecule has 0 amide bonds. The standard InChI is InChI=1S/C19H22N2O4S/c1-4-25-19(22)13-15(3)20-16-7-9-17(10-8-16)21-26(23,24)18-11-5-14(2)6-12-18/h5-13,20-21H,4H2,1-3H3. The summed E-state index contributed by atoms with van der Waals surface area (Å²) >= 11 is 0. The number of nitrogens with one attached hydrogen (secondary N) is 2. The molecule has 0 aliphatic rings. The van der Waals surface area contributed by atoms with Crippen molar-refractivity contribution in [2.75, 3.05) is 16.6 Å². The van der Waals surface area contributed by atoms with Gasteiger partial charge in [0, 0.05) is 23.1 Å². The molecule has 0 saturated carbocycles. The Morgan fingerprint density at radius 1 is 1.04 bits per heavy atom. The minimum Gasteiger partial charge on any atom is -0.463 e. The molecule has 0 aromatic heterocycles. The molecule has 0 unspecified atom stereocenters. The van der Waals surface area contributed by atoms with Gasteiger partial charge in [-0.25, -0.2) is 13.2 Å². The van der Waals surface area contributed by atoms with Gasteiger partial charge >= 0.3 is 5.97 Å². The lowest BCUT2D eigenvalue weighted by molar-refractivity contribution is -0.137. The second-order valence-corrected chi connectivity index (χ2v) is 7.38. The van der Waals surface area contributed by atoms with Crippen LogP contribution in [-0.4, -0.2) is 21.0 Å². The molecule has 0 heterocycles. The lowest BCUT2D eigenvalue weighted by Crippen LogP contribution is -2.12. The maximum Gasteiger partial charge on any atom is 0.332 e. The molecule has 0 spiro atoms. The number of hydrogen-bond acceptors (Lipinski definition) is 5. The van der Waals surface area contributed by atoms with Gasteiger partial charge in [0.2, 0.25) is 0 Å². The van der Waals surface area contributed by atoms with Crippen molar-refractivity contribution in [2.24, 2.45) is 0 Å². The number of aryl methyl sites for hydroxylation is 1. The summed E-state index contributed by atoms with van der Waals surface area (Å²) in [4.78, 5) is 11.6. The first-order chi connectivity index (χ1) is 12.3. The number of carbonyl (C=O) groups excluding carboxylic acids is 1. The van der Waals surface area contributed by atoms with E-state index in [1.807, 2.05) is 6.92 Å². The van der Waals surface area contributed by atoms with Crippen LogP contribution in [0.2, 0.25) is 0 Å². The first kappa shape index (κ1) is 19.5. The summed E-state index contributed by atoms with van der Waals surface area (Å²) < 4.78 is 32.1. The number of benzene rings is 2. The van der Waals surface area contributed by atoms with Crippen molar-refractivity contribution in [2.45, 2.75) is 25.7 Å². The minimum atomic E-state index is -3.63. The maximum absolute atomic E-state index is 12.4. The fourth-order valence-corrected chi connectivity index (χ4v) is 3.24. The zero-order valence-corrected chi connectivity index (χ0v) is 15.8. The highest BCUT2D eigenvalue weighted by atomic mass is 32.2. The molecule has 0 aliphatic heterocycles. The van der Waals surface area contributed by atoms with E-state index >= 15 is 0 Å². The third kappa shape index (κ3) is 5.63. The molecule has 0 saturated heterocycles. The van der Waals surface area contributed by atoms with Gasteiger partial charge in [-0.2, -0.15) is 0 Å². The average molecular weight is 374 g/mol. The Balaban J connectivity index is 2.05. The molecule has 6 nitrogen and oxygen atoms in total. The Labute approximate surface area is 153 Å². The molecule has 2 aromatic rings. The summed E-state index contributed by atoms with van der Waals surface area (Å²) in [6, 6.07) is 13.4. The molecule has 2 N–H and O–H groups in total. The molecule has 0 fully saturated rings. The summed E-state index contributed by atoms with van der Waals surface area (Å²) in [5.41, 5.74) is 2.78. The predicted molar refractivity (Wildman–Crippen MR) is 102 cm³/mol. The van der Waals surface area contributed by atoms with Gasteiger partial charge in [0.1, 0.15) is 0 Å². The highest BCUT2D eigenvalue weighted by Gasteiger charge is 2.13. The number of hydrogen-bond donors (Lipinski definition) is 2. The Kier molecular flexibility index (Phi) is 6.41.